The zero-order chi connectivity index (χ0) is 23.4. The summed E-state index contributed by atoms with van der Waals surface area (Å²) in [5.41, 5.74) is 2.30. The van der Waals surface area contributed by atoms with Crippen LogP contribution in [-0.2, 0) is 10.0 Å². The van der Waals surface area contributed by atoms with Crippen LogP contribution in [0.5, 0.6) is 0 Å². The third kappa shape index (κ3) is 5.92. The molecule has 2 aromatic carbocycles. The minimum Gasteiger partial charge on any atom is -0.393 e. The highest BCUT2D eigenvalue weighted by atomic mass is 32.2. The SMILES string of the molecule is Cc1ccc(NC(=O)Nc2ccc(S(=O)(=O)N3CCC[C@H]3CN3CCC(O)CC3)cc2)cc1. The van der Waals surface area contributed by atoms with Gasteiger partial charge in [-0.25, -0.2) is 13.2 Å². The van der Waals surface area contributed by atoms with Crippen molar-refractivity contribution in [1.82, 2.24) is 9.21 Å². The summed E-state index contributed by atoms with van der Waals surface area (Å²) in [4.78, 5) is 14.7. The summed E-state index contributed by atoms with van der Waals surface area (Å²) in [6, 6.07) is 13.3. The number of nitrogens with one attached hydrogen (secondary N) is 2. The molecule has 178 valence electrons. The van der Waals surface area contributed by atoms with Crippen molar-refractivity contribution in [3.05, 3.63) is 54.1 Å². The number of sulfonamides is 1. The van der Waals surface area contributed by atoms with Crippen molar-refractivity contribution < 1.29 is 18.3 Å². The van der Waals surface area contributed by atoms with Crippen LogP contribution in [0.1, 0.15) is 31.2 Å². The molecular weight excluding hydrogens is 440 g/mol. The van der Waals surface area contributed by atoms with Gasteiger partial charge in [0.25, 0.3) is 0 Å². The van der Waals surface area contributed by atoms with E-state index in [1.807, 2.05) is 31.2 Å². The molecule has 0 unspecified atom stereocenters. The quantitative estimate of drug-likeness (QED) is 0.599. The topological polar surface area (TPSA) is 102 Å². The van der Waals surface area contributed by atoms with Crippen LogP contribution in [0.2, 0.25) is 0 Å². The molecule has 0 aromatic heterocycles. The molecule has 8 nitrogen and oxygen atoms in total. The van der Waals surface area contributed by atoms with Crippen molar-refractivity contribution in [2.24, 2.45) is 0 Å². The predicted octanol–water partition coefficient (Wildman–Crippen LogP) is 3.25. The summed E-state index contributed by atoms with van der Waals surface area (Å²) < 4.78 is 28.2. The van der Waals surface area contributed by atoms with Crippen molar-refractivity contribution in [3.8, 4) is 0 Å². The smallest absolute Gasteiger partial charge is 0.323 e. The molecule has 2 heterocycles. The van der Waals surface area contributed by atoms with Crippen LogP contribution in [0.15, 0.2) is 53.4 Å². The second-order valence-electron chi connectivity index (χ2n) is 8.91. The van der Waals surface area contributed by atoms with Crippen LogP contribution in [0, 0.1) is 6.92 Å². The number of hydrogen-bond donors (Lipinski definition) is 3. The van der Waals surface area contributed by atoms with E-state index in [4.69, 9.17) is 0 Å². The van der Waals surface area contributed by atoms with E-state index in [0.717, 1.165) is 44.3 Å². The maximum Gasteiger partial charge on any atom is 0.323 e. The molecule has 2 saturated heterocycles. The summed E-state index contributed by atoms with van der Waals surface area (Å²) in [5.74, 6) is 0. The van der Waals surface area contributed by atoms with E-state index >= 15 is 0 Å². The Morgan fingerprint density at radius 3 is 2.12 bits per heavy atom. The number of rotatable bonds is 6. The molecule has 2 aliphatic rings. The maximum atomic E-state index is 13.3. The van der Waals surface area contributed by atoms with Gasteiger partial charge in [-0.2, -0.15) is 4.31 Å². The first-order valence-corrected chi connectivity index (χ1v) is 12.9. The fourth-order valence-electron chi connectivity index (χ4n) is 4.48. The number of piperidine rings is 1. The average Bonchev–Trinajstić information content (AvgIpc) is 3.26. The monoisotopic (exact) mass is 472 g/mol. The van der Waals surface area contributed by atoms with E-state index in [-0.39, 0.29) is 23.1 Å². The molecule has 2 aromatic rings. The first kappa shape index (κ1) is 23.7. The molecule has 3 N–H and O–H groups in total. The number of benzene rings is 2. The number of anilines is 2. The molecule has 2 fully saturated rings. The lowest BCUT2D eigenvalue weighted by molar-refractivity contribution is 0.0748. The Hall–Kier alpha value is -2.46. The molecule has 0 saturated carbocycles. The molecule has 2 amide bonds. The lowest BCUT2D eigenvalue weighted by Crippen LogP contribution is -2.46. The van der Waals surface area contributed by atoms with Gasteiger partial charge in [0, 0.05) is 43.6 Å². The van der Waals surface area contributed by atoms with Crippen molar-refractivity contribution >= 4 is 27.4 Å². The number of aliphatic hydroxyl groups is 1. The Morgan fingerprint density at radius 1 is 0.939 bits per heavy atom. The number of aryl methyl sites for hydroxylation is 1. The number of amides is 2. The van der Waals surface area contributed by atoms with Crippen molar-refractivity contribution in [3.63, 3.8) is 0 Å². The van der Waals surface area contributed by atoms with Crippen LogP contribution in [0.3, 0.4) is 0 Å². The van der Waals surface area contributed by atoms with E-state index < -0.39 is 10.0 Å². The zero-order valence-electron chi connectivity index (χ0n) is 18.9. The largest absolute Gasteiger partial charge is 0.393 e. The van der Waals surface area contributed by atoms with Gasteiger partial charge in [0.2, 0.25) is 10.0 Å². The summed E-state index contributed by atoms with van der Waals surface area (Å²) >= 11 is 0. The Balaban J connectivity index is 1.37. The van der Waals surface area contributed by atoms with Crippen molar-refractivity contribution in [2.75, 3.05) is 36.8 Å². The first-order valence-electron chi connectivity index (χ1n) is 11.5. The number of nitrogens with zero attached hydrogens (tertiary/aromatic N) is 2. The highest BCUT2D eigenvalue weighted by Crippen LogP contribution is 2.28. The number of urea groups is 1. The van der Waals surface area contributed by atoms with Gasteiger partial charge in [0.1, 0.15) is 0 Å². The van der Waals surface area contributed by atoms with Crippen LogP contribution < -0.4 is 10.6 Å². The lowest BCUT2D eigenvalue weighted by atomic mass is 10.1. The molecule has 33 heavy (non-hydrogen) atoms. The van der Waals surface area contributed by atoms with Gasteiger partial charge in [-0.05, 0) is 69.0 Å². The number of hydrogen-bond acceptors (Lipinski definition) is 5. The lowest BCUT2D eigenvalue weighted by Gasteiger charge is -2.34. The van der Waals surface area contributed by atoms with Gasteiger partial charge in [-0.15, -0.1) is 0 Å². The zero-order valence-corrected chi connectivity index (χ0v) is 19.7. The molecule has 0 bridgehead atoms. The number of likely N-dealkylation sites (tertiary alicyclic amines) is 1. The van der Waals surface area contributed by atoms with Crippen LogP contribution in [0.25, 0.3) is 0 Å². The number of carbonyl (C=O) groups excluding carboxylic acids is 1. The molecule has 0 radical (unpaired) electrons. The summed E-state index contributed by atoms with van der Waals surface area (Å²) in [5, 5.41) is 15.2. The second kappa shape index (κ2) is 10.2. The minimum absolute atomic E-state index is 0.0525. The standard InChI is InChI=1S/C24H32N4O4S/c1-18-4-6-19(7-5-18)25-24(30)26-20-8-10-23(11-9-20)33(31,32)28-14-2-3-21(28)17-27-15-12-22(29)13-16-27/h4-11,21-22,29H,2-3,12-17H2,1H3,(H2,25,26,30)/t21-/m0/s1. The fraction of sp³-hybridized carbons (Fsp3) is 0.458. The first-order chi connectivity index (χ1) is 15.8. The Labute approximate surface area is 195 Å². The third-order valence-electron chi connectivity index (χ3n) is 6.38. The summed E-state index contributed by atoms with van der Waals surface area (Å²) in [6.07, 6.45) is 2.93. The Bertz CT molecular complexity index is 1050. The van der Waals surface area contributed by atoms with Gasteiger partial charge in [0.05, 0.1) is 11.0 Å². The summed E-state index contributed by atoms with van der Waals surface area (Å²) in [6.45, 7) is 4.79. The second-order valence-corrected chi connectivity index (χ2v) is 10.8. The number of carbonyl (C=O) groups is 1. The van der Waals surface area contributed by atoms with Crippen molar-refractivity contribution in [1.29, 1.82) is 0 Å². The molecular formula is C24H32N4O4S. The van der Waals surface area contributed by atoms with E-state index in [1.54, 1.807) is 28.6 Å². The highest BCUT2D eigenvalue weighted by molar-refractivity contribution is 7.89. The van der Waals surface area contributed by atoms with Crippen LogP contribution in [-0.4, -0.2) is 67.1 Å². The van der Waals surface area contributed by atoms with Gasteiger partial charge in [0.15, 0.2) is 0 Å². The third-order valence-corrected chi connectivity index (χ3v) is 8.34. The van der Waals surface area contributed by atoms with Gasteiger partial charge < -0.3 is 20.6 Å². The van der Waals surface area contributed by atoms with E-state index in [2.05, 4.69) is 15.5 Å². The predicted molar refractivity (Wildman–Crippen MR) is 129 cm³/mol. The maximum absolute atomic E-state index is 13.3. The molecule has 2 aliphatic heterocycles. The molecule has 9 heteroatoms. The summed E-state index contributed by atoms with van der Waals surface area (Å²) in [7, 11) is -3.62. The molecule has 0 aliphatic carbocycles. The highest BCUT2D eigenvalue weighted by Gasteiger charge is 2.36. The van der Waals surface area contributed by atoms with E-state index in [0.29, 0.717) is 24.5 Å². The van der Waals surface area contributed by atoms with Gasteiger partial charge in [-0.1, -0.05) is 17.7 Å². The number of aliphatic hydroxyl groups excluding tert-OH is 1. The molecule has 1 atom stereocenters. The fourth-order valence-corrected chi connectivity index (χ4v) is 6.17. The molecule has 0 spiro atoms. The van der Waals surface area contributed by atoms with Crippen LogP contribution in [0.4, 0.5) is 16.2 Å². The average molecular weight is 473 g/mol. The van der Waals surface area contributed by atoms with Crippen LogP contribution >= 0.6 is 0 Å². The van der Waals surface area contributed by atoms with Gasteiger partial charge >= 0.3 is 6.03 Å². The van der Waals surface area contributed by atoms with E-state index in [9.17, 15) is 18.3 Å². The normalized spacial score (nSPS) is 20.6. The Kier molecular flexibility index (Phi) is 7.33. The molecule has 4 rings (SSSR count). The minimum atomic E-state index is -3.62. The van der Waals surface area contributed by atoms with Crippen molar-refractivity contribution in [2.45, 2.75) is 49.6 Å². The van der Waals surface area contributed by atoms with Gasteiger partial charge in [-0.3, -0.25) is 0 Å². The Morgan fingerprint density at radius 2 is 1.52 bits per heavy atom. The van der Waals surface area contributed by atoms with E-state index in [1.165, 1.54) is 0 Å².